The number of ether oxygens (including phenoxy) is 3. The summed E-state index contributed by atoms with van der Waals surface area (Å²) in [6, 6.07) is 19.7. The lowest BCUT2D eigenvalue weighted by Gasteiger charge is -2.16. The number of hydrogen-bond acceptors (Lipinski definition) is 6. The summed E-state index contributed by atoms with van der Waals surface area (Å²) in [5, 5.41) is 3.39. The summed E-state index contributed by atoms with van der Waals surface area (Å²) in [6.07, 6.45) is 0. The first-order chi connectivity index (χ1) is 14.6. The minimum absolute atomic E-state index is 0.536. The molecule has 30 heavy (non-hydrogen) atoms. The smallest absolute Gasteiger partial charge is 0.203 e. The number of rotatable bonds is 6. The van der Waals surface area contributed by atoms with Crippen LogP contribution in [0.15, 0.2) is 60.7 Å². The quantitative estimate of drug-likeness (QED) is 0.468. The molecule has 152 valence electrons. The Bertz CT molecular complexity index is 1170. The topological polar surface area (TPSA) is 65.5 Å². The number of nitrogens with zero attached hydrogens (tertiary/aromatic N) is 2. The second-order valence-corrected chi connectivity index (χ2v) is 6.82. The molecule has 1 aromatic heterocycles. The lowest BCUT2D eigenvalue weighted by atomic mass is 10.1. The van der Waals surface area contributed by atoms with Gasteiger partial charge in [-0.3, -0.25) is 0 Å². The molecule has 0 fully saturated rings. The second kappa shape index (κ2) is 8.29. The minimum Gasteiger partial charge on any atom is -0.493 e. The van der Waals surface area contributed by atoms with Crippen LogP contribution in [0.2, 0.25) is 0 Å². The molecule has 4 aromatic rings. The zero-order valence-electron chi connectivity index (χ0n) is 17.4. The van der Waals surface area contributed by atoms with Gasteiger partial charge in [0, 0.05) is 23.4 Å². The van der Waals surface area contributed by atoms with Gasteiger partial charge >= 0.3 is 0 Å². The Balaban J connectivity index is 1.87. The summed E-state index contributed by atoms with van der Waals surface area (Å²) in [5.41, 5.74) is 5.29. The van der Waals surface area contributed by atoms with Gasteiger partial charge in [0.25, 0.3) is 0 Å². The summed E-state index contributed by atoms with van der Waals surface area (Å²) in [7, 11) is 4.77. The Morgan fingerprint density at radius 3 is 2.07 bits per heavy atom. The van der Waals surface area contributed by atoms with Crippen LogP contribution < -0.4 is 19.5 Å². The van der Waals surface area contributed by atoms with Crippen molar-refractivity contribution in [3.8, 4) is 28.5 Å². The van der Waals surface area contributed by atoms with E-state index in [1.54, 1.807) is 21.3 Å². The SMILES string of the molecule is COc1cc(Nc2nc3cc(C)ccc3nc2-c2ccccc2)cc(OC)c1OC. The number of benzene rings is 3. The number of fused-ring (bicyclic) bond motifs is 1. The van der Waals surface area contributed by atoms with E-state index < -0.39 is 0 Å². The van der Waals surface area contributed by atoms with Crippen LogP contribution in [0.1, 0.15) is 5.56 Å². The highest BCUT2D eigenvalue weighted by molar-refractivity contribution is 5.85. The number of methoxy groups -OCH3 is 3. The maximum absolute atomic E-state index is 5.48. The average molecular weight is 401 g/mol. The van der Waals surface area contributed by atoms with Gasteiger partial charge in [-0.2, -0.15) is 0 Å². The normalized spacial score (nSPS) is 10.7. The molecule has 0 unspecified atom stereocenters. The summed E-state index contributed by atoms with van der Waals surface area (Å²) in [5.74, 6) is 2.30. The number of hydrogen-bond donors (Lipinski definition) is 1. The Hall–Kier alpha value is -3.80. The van der Waals surface area contributed by atoms with Crippen LogP contribution in [-0.4, -0.2) is 31.3 Å². The third-order valence-corrected chi connectivity index (χ3v) is 4.79. The molecule has 3 aromatic carbocycles. The lowest BCUT2D eigenvalue weighted by molar-refractivity contribution is 0.324. The molecule has 0 saturated carbocycles. The van der Waals surface area contributed by atoms with Crippen molar-refractivity contribution in [1.82, 2.24) is 9.97 Å². The van der Waals surface area contributed by atoms with E-state index in [1.807, 2.05) is 67.6 Å². The van der Waals surface area contributed by atoms with Crippen molar-refractivity contribution in [2.24, 2.45) is 0 Å². The summed E-state index contributed by atoms with van der Waals surface area (Å²) < 4.78 is 16.4. The second-order valence-electron chi connectivity index (χ2n) is 6.82. The molecule has 0 radical (unpaired) electrons. The average Bonchev–Trinajstić information content (AvgIpc) is 2.78. The van der Waals surface area contributed by atoms with Gasteiger partial charge in [-0.05, 0) is 24.6 Å². The van der Waals surface area contributed by atoms with Gasteiger partial charge in [0.1, 0.15) is 5.69 Å². The summed E-state index contributed by atoms with van der Waals surface area (Å²) >= 11 is 0. The maximum atomic E-state index is 5.48. The van der Waals surface area contributed by atoms with E-state index >= 15 is 0 Å². The predicted octanol–water partition coefficient (Wildman–Crippen LogP) is 5.37. The van der Waals surface area contributed by atoms with Crippen molar-refractivity contribution < 1.29 is 14.2 Å². The van der Waals surface area contributed by atoms with Crippen LogP contribution in [0.25, 0.3) is 22.3 Å². The molecule has 0 aliphatic carbocycles. The molecule has 0 bridgehead atoms. The number of aromatic nitrogens is 2. The lowest BCUT2D eigenvalue weighted by Crippen LogP contribution is -2.02. The van der Waals surface area contributed by atoms with Gasteiger partial charge in [0.15, 0.2) is 17.3 Å². The molecule has 0 aliphatic heterocycles. The largest absolute Gasteiger partial charge is 0.493 e. The van der Waals surface area contributed by atoms with E-state index in [-0.39, 0.29) is 0 Å². The van der Waals surface area contributed by atoms with Gasteiger partial charge < -0.3 is 19.5 Å². The van der Waals surface area contributed by atoms with Crippen LogP contribution >= 0.6 is 0 Å². The van der Waals surface area contributed by atoms with E-state index in [2.05, 4.69) is 5.32 Å². The molecule has 0 aliphatic rings. The molecular formula is C24H23N3O3. The van der Waals surface area contributed by atoms with E-state index in [4.69, 9.17) is 24.2 Å². The number of anilines is 2. The van der Waals surface area contributed by atoms with E-state index in [1.165, 1.54) is 0 Å². The Labute approximate surface area is 175 Å². The minimum atomic E-state index is 0.536. The fourth-order valence-corrected chi connectivity index (χ4v) is 3.34. The van der Waals surface area contributed by atoms with Gasteiger partial charge in [-0.15, -0.1) is 0 Å². The highest BCUT2D eigenvalue weighted by Crippen LogP contribution is 2.41. The molecule has 6 heteroatoms. The van der Waals surface area contributed by atoms with Crippen LogP contribution in [0, 0.1) is 6.92 Å². The van der Waals surface area contributed by atoms with Crippen LogP contribution in [0.3, 0.4) is 0 Å². The third kappa shape index (κ3) is 3.72. The fourth-order valence-electron chi connectivity index (χ4n) is 3.34. The third-order valence-electron chi connectivity index (χ3n) is 4.79. The molecule has 4 rings (SSSR count). The highest BCUT2D eigenvalue weighted by Gasteiger charge is 2.16. The molecule has 6 nitrogen and oxygen atoms in total. The van der Waals surface area contributed by atoms with Gasteiger partial charge in [-0.25, -0.2) is 9.97 Å². The molecular weight excluding hydrogens is 378 g/mol. The molecule has 0 saturated heterocycles. The van der Waals surface area contributed by atoms with E-state index in [9.17, 15) is 0 Å². The van der Waals surface area contributed by atoms with Crippen LogP contribution in [0.5, 0.6) is 17.2 Å². The van der Waals surface area contributed by atoms with Crippen LogP contribution in [0.4, 0.5) is 11.5 Å². The number of nitrogens with one attached hydrogen (secondary N) is 1. The van der Waals surface area contributed by atoms with E-state index in [0.29, 0.717) is 23.1 Å². The number of aryl methyl sites for hydroxylation is 1. The first-order valence-corrected chi connectivity index (χ1v) is 9.53. The Kier molecular flexibility index (Phi) is 5.39. The molecule has 1 N–H and O–H groups in total. The Morgan fingerprint density at radius 2 is 1.43 bits per heavy atom. The molecule has 0 amide bonds. The van der Waals surface area contributed by atoms with Crippen molar-refractivity contribution in [3.63, 3.8) is 0 Å². The first kappa shape index (κ1) is 19.5. The maximum Gasteiger partial charge on any atom is 0.203 e. The predicted molar refractivity (Wildman–Crippen MR) is 119 cm³/mol. The fraction of sp³-hybridized carbons (Fsp3) is 0.167. The van der Waals surface area contributed by atoms with E-state index in [0.717, 1.165) is 33.5 Å². The zero-order valence-corrected chi connectivity index (χ0v) is 17.4. The molecule has 1 heterocycles. The van der Waals surface area contributed by atoms with Crippen molar-refractivity contribution in [2.75, 3.05) is 26.6 Å². The van der Waals surface area contributed by atoms with Gasteiger partial charge in [0.2, 0.25) is 5.75 Å². The van der Waals surface area contributed by atoms with Crippen LogP contribution in [-0.2, 0) is 0 Å². The molecule has 0 spiro atoms. The van der Waals surface area contributed by atoms with Gasteiger partial charge in [0.05, 0.1) is 32.4 Å². The monoisotopic (exact) mass is 401 g/mol. The molecule has 0 atom stereocenters. The van der Waals surface area contributed by atoms with Crippen molar-refractivity contribution in [2.45, 2.75) is 6.92 Å². The van der Waals surface area contributed by atoms with Crippen molar-refractivity contribution in [1.29, 1.82) is 0 Å². The standard InChI is InChI=1S/C24H23N3O3/c1-15-10-11-18-19(12-15)27-24(22(26-18)16-8-6-5-7-9-16)25-17-13-20(28-2)23(30-4)21(14-17)29-3/h5-14H,1-4H3,(H,25,27). The van der Waals surface area contributed by atoms with Gasteiger partial charge in [-0.1, -0.05) is 36.4 Å². The highest BCUT2D eigenvalue weighted by atomic mass is 16.5. The summed E-state index contributed by atoms with van der Waals surface area (Å²) in [4.78, 5) is 9.76. The Morgan fingerprint density at radius 1 is 0.733 bits per heavy atom. The zero-order chi connectivity index (χ0) is 21.1. The van der Waals surface area contributed by atoms with Crippen molar-refractivity contribution in [3.05, 3.63) is 66.2 Å². The van der Waals surface area contributed by atoms with Crippen molar-refractivity contribution >= 4 is 22.5 Å². The summed E-state index contributed by atoms with van der Waals surface area (Å²) in [6.45, 7) is 2.04. The first-order valence-electron chi connectivity index (χ1n) is 9.53.